The normalized spacial score (nSPS) is 10.7. The average molecular weight is 299 g/mol. The molecule has 0 amide bonds. The molecule has 0 unspecified atom stereocenters. The van der Waals surface area contributed by atoms with Crippen LogP contribution in [0.15, 0.2) is 12.3 Å². The van der Waals surface area contributed by atoms with Gasteiger partial charge in [-0.15, -0.1) is 0 Å². The van der Waals surface area contributed by atoms with Crippen LogP contribution < -0.4 is 10.5 Å². The number of nitrogens with zero attached hydrogens (tertiary/aromatic N) is 2. The Morgan fingerprint density at radius 1 is 0.952 bits per heavy atom. The predicted octanol–water partition coefficient (Wildman–Crippen LogP) is 1.29. The first-order valence-electron chi connectivity index (χ1n) is 7.27. The van der Waals surface area contributed by atoms with Crippen LogP contribution in [0.4, 0.5) is 5.95 Å². The van der Waals surface area contributed by atoms with Gasteiger partial charge in [-0.3, -0.25) is 0 Å². The molecule has 120 valence electrons. The summed E-state index contributed by atoms with van der Waals surface area (Å²) in [6, 6.07) is 1.65. The third-order valence-corrected chi connectivity index (χ3v) is 2.51. The van der Waals surface area contributed by atoms with Gasteiger partial charge in [-0.05, 0) is 6.42 Å². The molecule has 0 fully saturated rings. The van der Waals surface area contributed by atoms with Gasteiger partial charge in [0, 0.05) is 18.9 Å². The molecule has 21 heavy (non-hydrogen) atoms. The van der Waals surface area contributed by atoms with E-state index < -0.39 is 0 Å². The summed E-state index contributed by atoms with van der Waals surface area (Å²) in [5.74, 6) is 0.648. The summed E-state index contributed by atoms with van der Waals surface area (Å²) in [7, 11) is 0. The second-order valence-electron chi connectivity index (χ2n) is 4.29. The molecular weight excluding hydrogens is 274 g/mol. The molecule has 0 radical (unpaired) electrons. The molecule has 0 aliphatic rings. The highest BCUT2D eigenvalue weighted by molar-refractivity contribution is 5.20. The summed E-state index contributed by atoms with van der Waals surface area (Å²) >= 11 is 0. The van der Waals surface area contributed by atoms with Gasteiger partial charge in [-0.25, -0.2) is 4.98 Å². The van der Waals surface area contributed by atoms with Gasteiger partial charge in [-0.2, -0.15) is 4.98 Å². The van der Waals surface area contributed by atoms with Gasteiger partial charge in [0.1, 0.15) is 6.61 Å². The number of aromatic nitrogens is 2. The summed E-state index contributed by atoms with van der Waals surface area (Å²) in [4.78, 5) is 7.69. The molecule has 0 aliphatic heterocycles. The van der Waals surface area contributed by atoms with E-state index >= 15 is 0 Å². The second kappa shape index (κ2) is 12.3. The van der Waals surface area contributed by atoms with Crippen molar-refractivity contribution in [2.24, 2.45) is 0 Å². The largest absolute Gasteiger partial charge is 0.475 e. The second-order valence-corrected chi connectivity index (χ2v) is 4.29. The molecule has 0 spiro atoms. The molecule has 2 N–H and O–H groups in total. The SMILES string of the molecule is CCCCOCCOCCOCCOc1ccnc(N)n1. The highest BCUT2D eigenvalue weighted by atomic mass is 16.6. The van der Waals surface area contributed by atoms with Gasteiger partial charge in [0.05, 0.1) is 33.0 Å². The number of hydrogen-bond acceptors (Lipinski definition) is 7. The molecule has 0 atom stereocenters. The van der Waals surface area contributed by atoms with Crippen LogP contribution in [-0.4, -0.2) is 56.2 Å². The van der Waals surface area contributed by atoms with Crippen molar-refractivity contribution < 1.29 is 18.9 Å². The zero-order valence-electron chi connectivity index (χ0n) is 12.6. The molecule has 7 heteroatoms. The number of anilines is 1. The van der Waals surface area contributed by atoms with E-state index in [0.29, 0.717) is 45.5 Å². The van der Waals surface area contributed by atoms with Crippen molar-refractivity contribution in [1.29, 1.82) is 0 Å². The highest BCUT2D eigenvalue weighted by Crippen LogP contribution is 2.05. The fourth-order valence-electron chi connectivity index (χ4n) is 1.43. The number of ether oxygens (including phenoxy) is 4. The summed E-state index contributed by atoms with van der Waals surface area (Å²) < 4.78 is 21.5. The Labute approximate surface area is 125 Å². The van der Waals surface area contributed by atoms with Gasteiger partial charge >= 0.3 is 0 Å². The minimum atomic E-state index is 0.197. The lowest BCUT2D eigenvalue weighted by molar-refractivity contribution is 0.00872. The van der Waals surface area contributed by atoms with Crippen LogP contribution >= 0.6 is 0 Å². The lowest BCUT2D eigenvalue weighted by atomic mass is 10.4. The molecule has 0 aromatic carbocycles. The fraction of sp³-hybridized carbons (Fsp3) is 0.714. The quantitative estimate of drug-likeness (QED) is 0.549. The maximum absolute atomic E-state index is 5.44. The van der Waals surface area contributed by atoms with Crippen LogP contribution in [-0.2, 0) is 14.2 Å². The van der Waals surface area contributed by atoms with Gasteiger partial charge in [0.2, 0.25) is 11.8 Å². The number of nitrogen functional groups attached to an aromatic ring is 1. The summed E-state index contributed by atoms with van der Waals surface area (Å²) in [6.07, 6.45) is 3.80. The fourth-order valence-corrected chi connectivity index (χ4v) is 1.43. The van der Waals surface area contributed by atoms with Crippen molar-refractivity contribution in [2.45, 2.75) is 19.8 Å². The van der Waals surface area contributed by atoms with Gasteiger partial charge in [0.25, 0.3) is 0 Å². The molecule has 1 heterocycles. The van der Waals surface area contributed by atoms with E-state index in [9.17, 15) is 0 Å². The van der Waals surface area contributed by atoms with E-state index in [1.165, 1.54) is 0 Å². The Kier molecular flexibility index (Phi) is 10.3. The Morgan fingerprint density at radius 2 is 1.57 bits per heavy atom. The van der Waals surface area contributed by atoms with Crippen molar-refractivity contribution in [3.05, 3.63) is 12.3 Å². The third kappa shape index (κ3) is 10.0. The van der Waals surface area contributed by atoms with Crippen LogP contribution in [0, 0.1) is 0 Å². The molecule has 1 aromatic rings. The molecular formula is C14H25N3O4. The molecule has 7 nitrogen and oxygen atoms in total. The number of rotatable bonds is 13. The highest BCUT2D eigenvalue weighted by Gasteiger charge is 1.97. The van der Waals surface area contributed by atoms with Gasteiger partial charge in [0.15, 0.2) is 0 Å². The standard InChI is InChI=1S/C14H25N3O4/c1-2-3-6-18-7-8-19-9-10-20-11-12-21-13-4-5-16-14(15)17-13/h4-5H,2-3,6-12H2,1H3,(H2,15,16,17). The maximum Gasteiger partial charge on any atom is 0.223 e. The monoisotopic (exact) mass is 299 g/mol. The molecule has 0 aliphatic carbocycles. The number of nitrogens with two attached hydrogens (primary N) is 1. The summed E-state index contributed by atoms with van der Waals surface area (Å²) in [5.41, 5.74) is 5.44. The van der Waals surface area contributed by atoms with E-state index in [1.54, 1.807) is 12.3 Å². The van der Waals surface area contributed by atoms with Crippen LogP contribution in [0.2, 0.25) is 0 Å². The lowest BCUT2D eigenvalue weighted by Gasteiger charge is -2.07. The topological polar surface area (TPSA) is 88.7 Å². The first kappa shape index (κ1) is 17.6. The smallest absolute Gasteiger partial charge is 0.223 e. The van der Waals surface area contributed by atoms with Crippen LogP contribution in [0.5, 0.6) is 5.88 Å². The van der Waals surface area contributed by atoms with Crippen molar-refractivity contribution in [3.8, 4) is 5.88 Å². The van der Waals surface area contributed by atoms with Crippen molar-refractivity contribution in [2.75, 3.05) is 52.0 Å². The maximum atomic E-state index is 5.44. The molecule has 0 saturated carbocycles. The first-order valence-corrected chi connectivity index (χ1v) is 7.27. The lowest BCUT2D eigenvalue weighted by Crippen LogP contribution is -2.13. The molecule has 1 rings (SSSR count). The number of unbranched alkanes of at least 4 members (excludes halogenated alkanes) is 1. The van der Waals surface area contributed by atoms with Gasteiger partial charge in [-0.1, -0.05) is 13.3 Å². The molecule has 0 bridgehead atoms. The Bertz CT molecular complexity index is 366. The Morgan fingerprint density at radius 3 is 2.19 bits per heavy atom. The van der Waals surface area contributed by atoms with Crippen LogP contribution in [0.25, 0.3) is 0 Å². The third-order valence-electron chi connectivity index (χ3n) is 2.51. The minimum Gasteiger partial charge on any atom is -0.475 e. The van der Waals surface area contributed by atoms with E-state index in [2.05, 4.69) is 16.9 Å². The zero-order valence-corrected chi connectivity index (χ0v) is 12.6. The van der Waals surface area contributed by atoms with Crippen LogP contribution in [0.3, 0.4) is 0 Å². The van der Waals surface area contributed by atoms with Crippen molar-refractivity contribution in [3.63, 3.8) is 0 Å². The Balaban J connectivity index is 1.82. The van der Waals surface area contributed by atoms with E-state index in [4.69, 9.17) is 24.7 Å². The van der Waals surface area contributed by atoms with Gasteiger partial charge < -0.3 is 24.7 Å². The van der Waals surface area contributed by atoms with E-state index in [0.717, 1.165) is 19.4 Å². The van der Waals surface area contributed by atoms with Crippen LogP contribution in [0.1, 0.15) is 19.8 Å². The average Bonchev–Trinajstić information content (AvgIpc) is 2.48. The minimum absolute atomic E-state index is 0.197. The predicted molar refractivity (Wildman–Crippen MR) is 79.3 cm³/mol. The van der Waals surface area contributed by atoms with E-state index in [-0.39, 0.29) is 5.95 Å². The van der Waals surface area contributed by atoms with Crippen molar-refractivity contribution >= 4 is 5.95 Å². The Hall–Kier alpha value is -1.44. The number of hydrogen-bond donors (Lipinski definition) is 1. The van der Waals surface area contributed by atoms with E-state index in [1.807, 2.05) is 0 Å². The molecule has 1 aromatic heterocycles. The zero-order chi connectivity index (χ0) is 15.2. The summed E-state index contributed by atoms with van der Waals surface area (Å²) in [5, 5.41) is 0. The first-order chi connectivity index (χ1) is 10.3. The molecule has 0 saturated heterocycles. The summed E-state index contributed by atoms with van der Waals surface area (Å²) in [6.45, 7) is 6.16. The van der Waals surface area contributed by atoms with Crippen molar-refractivity contribution in [1.82, 2.24) is 9.97 Å².